The SMILES string of the molecule is CCN(CC)S(=O)(=O)c1ccc(NC(=O)Cc2ccc(OC)c(OC)c2)cc1. The molecule has 0 atom stereocenters. The van der Waals surface area contributed by atoms with Crippen LogP contribution in [0.4, 0.5) is 5.69 Å². The van der Waals surface area contributed by atoms with E-state index in [1.807, 2.05) is 0 Å². The van der Waals surface area contributed by atoms with Crippen molar-refractivity contribution in [2.45, 2.75) is 25.2 Å². The fourth-order valence-corrected chi connectivity index (χ4v) is 4.26. The number of nitrogens with one attached hydrogen (secondary N) is 1. The topological polar surface area (TPSA) is 84.9 Å². The highest BCUT2D eigenvalue weighted by Crippen LogP contribution is 2.27. The Bertz CT molecular complexity index is 907. The Labute approximate surface area is 166 Å². The molecule has 0 aliphatic carbocycles. The second-order valence-electron chi connectivity index (χ2n) is 6.03. The van der Waals surface area contributed by atoms with Gasteiger partial charge in [0.1, 0.15) is 0 Å². The maximum absolute atomic E-state index is 12.5. The van der Waals surface area contributed by atoms with Crippen LogP contribution < -0.4 is 14.8 Å². The monoisotopic (exact) mass is 406 g/mol. The molecule has 0 heterocycles. The van der Waals surface area contributed by atoms with Crippen LogP contribution in [0.2, 0.25) is 0 Å². The van der Waals surface area contributed by atoms with E-state index in [1.165, 1.54) is 23.5 Å². The summed E-state index contributed by atoms with van der Waals surface area (Å²) in [6.45, 7) is 4.40. The molecule has 8 heteroatoms. The lowest BCUT2D eigenvalue weighted by Gasteiger charge is -2.18. The van der Waals surface area contributed by atoms with Crippen LogP contribution in [0.1, 0.15) is 19.4 Å². The largest absolute Gasteiger partial charge is 0.493 e. The van der Waals surface area contributed by atoms with Crippen molar-refractivity contribution in [2.75, 3.05) is 32.6 Å². The molecule has 1 N–H and O–H groups in total. The molecule has 2 aromatic carbocycles. The molecule has 152 valence electrons. The van der Waals surface area contributed by atoms with Crippen molar-refractivity contribution in [3.05, 3.63) is 48.0 Å². The fraction of sp³-hybridized carbons (Fsp3) is 0.350. The van der Waals surface area contributed by atoms with Crippen LogP contribution in [0.25, 0.3) is 0 Å². The summed E-state index contributed by atoms with van der Waals surface area (Å²) in [7, 11) is -0.427. The number of carbonyl (C=O) groups is 1. The first-order valence-electron chi connectivity index (χ1n) is 8.96. The van der Waals surface area contributed by atoms with Gasteiger partial charge in [0, 0.05) is 18.8 Å². The number of amides is 1. The van der Waals surface area contributed by atoms with E-state index in [9.17, 15) is 13.2 Å². The average molecular weight is 407 g/mol. The van der Waals surface area contributed by atoms with Crippen LogP contribution in [-0.4, -0.2) is 45.9 Å². The molecule has 0 bridgehead atoms. The Morgan fingerprint density at radius 3 is 2.11 bits per heavy atom. The van der Waals surface area contributed by atoms with Crippen LogP contribution in [-0.2, 0) is 21.2 Å². The molecular formula is C20H26N2O5S. The van der Waals surface area contributed by atoms with Crippen molar-refractivity contribution < 1.29 is 22.7 Å². The van der Waals surface area contributed by atoms with E-state index in [0.717, 1.165) is 5.56 Å². The number of ether oxygens (including phenoxy) is 2. The number of carbonyl (C=O) groups excluding carboxylic acids is 1. The van der Waals surface area contributed by atoms with Crippen molar-refractivity contribution in [2.24, 2.45) is 0 Å². The molecule has 28 heavy (non-hydrogen) atoms. The van der Waals surface area contributed by atoms with E-state index in [0.29, 0.717) is 30.3 Å². The molecule has 0 aromatic heterocycles. The highest BCUT2D eigenvalue weighted by Gasteiger charge is 2.21. The third-order valence-electron chi connectivity index (χ3n) is 4.29. The van der Waals surface area contributed by atoms with Gasteiger partial charge in [-0.1, -0.05) is 19.9 Å². The van der Waals surface area contributed by atoms with Crippen molar-refractivity contribution in [3.8, 4) is 11.5 Å². The zero-order valence-electron chi connectivity index (χ0n) is 16.6. The second kappa shape index (κ2) is 9.57. The summed E-state index contributed by atoms with van der Waals surface area (Å²) in [6, 6.07) is 11.5. The number of methoxy groups -OCH3 is 2. The van der Waals surface area contributed by atoms with Gasteiger partial charge < -0.3 is 14.8 Å². The first-order valence-corrected chi connectivity index (χ1v) is 10.4. The lowest BCUT2D eigenvalue weighted by molar-refractivity contribution is -0.115. The predicted octanol–water partition coefficient (Wildman–Crippen LogP) is 2.92. The first kappa shape index (κ1) is 21.7. The third-order valence-corrected chi connectivity index (χ3v) is 6.36. The molecule has 2 aromatic rings. The van der Waals surface area contributed by atoms with Crippen molar-refractivity contribution >= 4 is 21.6 Å². The van der Waals surface area contributed by atoms with Gasteiger partial charge in [0.25, 0.3) is 0 Å². The summed E-state index contributed by atoms with van der Waals surface area (Å²) < 4.78 is 36.8. The number of anilines is 1. The number of hydrogen-bond donors (Lipinski definition) is 1. The Kier molecular flexibility index (Phi) is 7.42. The molecule has 7 nitrogen and oxygen atoms in total. The highest BCUT2D eigenvalue weighted by atomic mass is 32.2. The molecule has 0 spiro atoms. The summed E-state index contributed by atoms with van der Waals surface area (Å²) in [5.74, 6) is 0.932. The fourth-order valence-electron chi connectivity index (χ4n) is 2.80. The summed E-state index contributed by atoms with van der Waals surface area (Å²) >= 11 is 0. The van der Waals surface area contributed by atoms with Gasteiger partial charge in [0.2, 0.25) is 15.9 Å². The van der Waals surface area contributed by atoms with E-state index < -0.39 is 10.0 Å². The number of rotatable bonds is 9. The number of benzene rings is 2. The molecule has 2 rings (SSSR count). The molecular weight excluding hydrogens is 380 g/mol. The van der Waals surface area contributed by atoms with Crippen LogP contribution in [0.15, 0.2) is 47.4 Å². The molecule has 0 radical (unpaired) electrons. The molecule has 0 saturated heterocycles. The standard InChI is InChI=1S/C20H26N2O5S/c1-5-22(6-2)28(24,25)17-10-8-16(9-11-17)21-20(23)14-15-7-12-18(26-3)19(13-15)27-4/h7-13H,5-6,14H2,1-4H3,(H,21,23). The number of sulfonamides is 1. The van der Waals surface area contributed by atoms with Crippen LogP contribution in [0.3, 0.4) is 0 Å². The molecule has 0 aliphatic rings. The Hall–Kier alpha value is -2.58. The summed E-state index contributed by atoms with van der Waals surface area (Å²) in [5, 5.41) is 2.77. The van der Waals surface area contributed by atoms with Gasteiger partial charge in [-0.05, 0) is 42.0 Å². The summed E-state index contributed by atoms with van der Waals surface area (Å²) in [5.41, 5.74) is 1.31. The number of nitrogens with zero attached hydrogens (tertiary/aromatic N) is 1. The zero-order chi connectivity index (χ0) is 20.7. The van der Waals surface area contributed by atoms with E-state index in [2.05, 4.69) is 5.32 Å². The molecule has 0 saturated carbocycles. The minimum atomic E-state index is -3.51. The maximum atomic E-state index is 12.5. The van der Waals surface area contributed by atoms with Crippen molar-refractivity contribution in [1.29, 1.82) is 0 Å². The Morgan fingerprint density at radius 2 is 1.57 bits per heavy atom. The van der Waals surface area contributed by atoms with E-state index >= 15 is 0 Å². The first-order chi connectivity index (χ1) is 13.3. The van der Waals surface area contributed by atoms with Crippen molar-refractivity contribution in [3.63, 3.8) is 0 Å². The highest BCUT2D eigenvalue weighted by molar-refractivity contribution is 7.89. The van der Waals surface area contributed by atoms with Gasteiger partial charge in [-0.25, -0.2) is 8.42 Å². The Balaban J connectivity index is 2.07. The van der Waals surface area contributed by atoms with Gasteiger partial charge in [-0.3, -0.25) is 4.79 Å². The quantitative estimate of drug-likeness (QED) is 0.692. The van der Waals surface area contributed by atoms with Crippen LogP contribution >= 0.6 is 0 Å². The normalized spacial score (nSPS) is 11.3. The molecule has 0 unspecified atom stereocenters. The lowest BCUT2D eigenvalue weighted by atomic mass is 10.1. The zero-order valence-corrected chi connectivity index (χ0v) is 17.4. The van der Waals surface area contributed by atoms with Gasteiger partial charge >= 0.3 is 0 Å². The lowest BCUT2D eigenvalue weighted by Crippen LogP contribution is -2.30. The molecule has 0 fully saturated rings. The average Bonchev–Trinajstić information content (AvgIpc) is 2.69. The van der Waals surface area contributed by atoms with Gasteiger partial charge in [-0.2, -0.15) is 4.31 Å². The van der Waals surface area contributed by atoms with Crippen molar-refractivity contribution in [1.82, 2.24) is 4.31 Å². The van der Waals surface area contributed by atoms with E-state index in [1.54, 1.807) is 51.3 Å². The number of hydrogen-bond acceptors (Lipinski definition) is 5. The van der Waals surface area contributed by atoms with E-state index in [4.69, 9.17) is 9.47 Å². The molecule has 0 aliphatic heterocycles. The smallest absolute Gasteiger partial charge is 0.243 e. The van der Waals surface area contributed by atoms with E-state index in [-0.39, 0.29) is 17.2 Å². The third kappa shape index (κ3) is 5.02. The van der Waals surface area contributed by atoms with Gasteiger partial charge in [-0.15, -0.1) is 0 Å². The predicted molar refractivity (Wildman–Crippen MR) is 108 cm³/mol. The summed E-state index contributed by atoms with van der Waals surface area (Å²) in [4.78, 5) is 12.5. The minimum Gasteiger partial charge on any atom is -0.493 e. The molecule has 1 amide bonds. The maximum Gasteiger partial charge on any atom is 0.243 e. The van der Waals surface area contributed by atoms with Gasteiger partial charge in [0.05, 0.1) is 25.5 Å². The minimum absolute atomic E-state index is 0.153. The van der Waals surface area contributed by atoms with Gasteiger partial charge in [0.15, 0.2) is 11.5 Å². The Morgan fingerprint density at radius 1 is 0.964 bits per heavy atom. The van der Waals surface area contributed by atoms with Crippen LogP contribution in [0.5, 0.6) is 11.5 Å². The summed E-state index contributed by atoms with van der Waals surface area (Å²) in [6.07, 6.45) is 0.153. The second-order valence-corrected chi connectivity index (χ2v) is 7.97. The van der Waals surface area contributed by atoms with Crippen LogP contribution in [0, 0.1) is 0 Å².